The average molecular weight is 487 g/mol. The summed E-state index contributed by atoms with van der Waals surface area (Å²) in [6, 6.07) is 12.0. The van der Waals surface area contributed by atoms with E-state index in [2.05, 4.69) is 23.5 Å². The van der Waals surface area contributed by atoms with Crippen LogP contribution in [0.2, 0.25) is 0 Å². The van der Waals surface area contributed by atoms with Gasteiger partial charge in [-0.15, -0.1) is 13.2 Å². The fourth-order valence-corrected chi connectivity index (χ4v) is 4.82. The largest absolute Gasteiger partial charge is 0.573 e. The van der Waals surface area contributed by atoms with Gasteiger partial charge < -0.3 is 4.74 Å². The molecule has 1 aliphatic carbocycles. The standard InChI is InChI=1S/C29H27F5O/c1-2-19-3-5-20(6-4-19)7-8-21-10-15-25-24(17-21)14-13-23(28(25)31)12-9-22-11-16-27(26(30)18-22)35-29(32,33)34/h10-11,13-20H,2-8H2,1H3. The maximum absolute atomic E-state index is 15.1. The van der Waals surface area contributed by atoms with Crippen LogP contribution in [0.1, 0.15) is 62.1 Å². The van der Waals surface area contributed by atoms with Crippen molar-refractivity contribution < 1.29 is 26.7 Å². The lowest BCUT2D eigenvalue weighted by Gasteiger charge is -2.27. The Kier molecular flexibility index (Phi) is 7.64. The fourth-order valence-electron chi connectivity index (χ4n) is 4.82. The summed E-state index contributed by atoms with van der Waals surface area (Å²) in [5, 5.41) is 1.24. The highest BCUT2D eigenvalue weighted by molar-refractivity contribution is 5.85. The topological polar surface area (TPSA) is 9.23 Å². The second-order valence-electron chi connectivity index (χ2n) is 9.26. The first-order valence-corrected chi connectivity index (χ1v) is 12.0. The molecule has 3 aromatic carbocycles. The Morgan fingerprint density at radius 2 is 1.63 bits per heavy atom. The molecule has 1 nitrogen and oxygen atoms in total. The highest BCUT2D eigenvalue weighted by Gasteiger charge is 2.32. The van der Waals surface area contributed by atoms with Crippen molar-refractivity contribution in [2.45, 2.75) is 58.2 Å². The predicted molar refractivity (Wildman–Crippen MR) is 127 cm³/mol. The molecule has 0 radical (unpaired) electrons. The van der Waals surface area contributed by atoms with E-state index in [1.165, 1.54) is 43.7 Å². The van der Waals surface area contributed by atoms with Crippen LogP contribution in [-0.4, -0.2) is 6.36 Å². The smallest absolute Gasteiger partial charge is 0.403 e. The molecule has 0 heterocycles. The van der Waals surface area contributed by atoms with E-state index in [9.17, 15) is 17.6 Å². The number of rotatable bonds is 5. The van der Waals surface area contributed by atoms with Gasteiger partial charge in [-0.3, -0.25) is 0 Å². The normalized spacial score (nSPS) is 18.2. The zero-order valence-electron chi connectivity index (χ0n) is 19.5. The Morgan fingerprint density at radius 3 is 2.31 bits per heavy atom. The lowest BCUT2D eigenvalue weighted by Crippen LogP contribution is -2.17. The minimum absolute atomic E-state index is 0.111. The van der Waals surface area contributed by atoms with Crippen LogP contribution >= 0.6 is 0 Å². The molecule has 0 unspecified atom stereocenters. The quantitative estimate of drug-likeness (QED) is 0.259. The number of hydrogen-bond acceptors (Lipinski definition) is 1. The molecule has 0 amide bonds. The molecule has 0 aliphatic heterocycles. The number of benzene rings is 3. The SMILES string of the molecule is CCC1CCC(CCc2ccc3c(F)c(C#Cc4ccc(OC(F)(F)F)c(F)c4)ccc3c2)CC1. The summed E-state index contributed by atoms with van der Waals surface area (Å²) in [6.07, 6.45) is 3.65. The molecule has 4 rings (SSSR count). The fraction of sp³-hybridized carbons (Fsp3) is 0.379. The maximum atomic E-state index is 15.1. The Morgan fingerprint density at radius 1 is 0.886 bits per heavy atom. The van der Waals surface area contributed by atoms with E-state index in [0.29, 0.717) is 5.39 Å². The van der Waals surface area contributed by atoms with Gasteiger partial charge in [0, 0.05) is 10.9 Å². The van der Waals surface area contributed by atoms with E-state index in [-0.39, 0.29) is 11.1 Å². The van der Waals surface area contributed by atoms with Gasteiger partial charge in [-0.1, -0.05) is 75.1 Å². The summed E-state index contributed by atoms with van der Waals surface area (Å²) in [5.74, 6) is 4.30. The number of aryl methyl sites for hydroxylation is 1. The third-order valence-corrected chi connectivity index (χ3v) is 6.90. The van der Waals surface area contributed by atoms with E-state index in [1.54, 1.807) is 18.2 Å². The molecule has 0 N–H and O–H groups in total. The number of halogens is 5. The van der Waals surface area contributed by atoms with E-state index in [0.717, 1.165) is 42.2 Å². The monoisotopic (exact) mass is 486 g/mol. The Balaban J connectivity index is 1.45. The van der Waals surface area contributed by atoms with Gasteiger partial charge in [0.15, 0.2) is 11.6 Å². The maximum Gasteiger partial charge on any atom is 0.573 e. The van der Waals surface area contributed by atoms with Crippen LogP contribution < -0.4 is 4.74 Å². The first kappa shape index (κ1) is 25.0. The van der Waals surface area contributed by atoms with Crippen molar-refractivity contribution in [3.8, 4) is 17.6 Å². The van der Waals surface area contributed by atoms with Gasteiger partial charge in [0.2, 0.25) is 0 Å². The van der Waals surface area contributed by atoms with Crippen LogP contribution in [0.5, 0.6) is 5.75 Å². The number of fused-ring (bicyclic) bond motifs is 1. The summed E-state index contributed by atoms with van der Waals surface area (Å²) in [4.78, 5) is 0. The highest BCUT2D eigenvalue weighted by Crippen LogP contribution is 2.33. The number of hydrogen-bond donors (Lipinski definition) is 0. The Labute approximate surface area is 202 Å². The minimum Gasteiger partial charge on any atom is -0.403 e. The summed E-state index contributed by atoms with van der Waals surface area (Å²) in [5.41, 5.74) is 1.43. The zero-order valence-corrected chi connectivity index (χ0v) is 19.5. The molecule has 0 saturated heterocycles. The summed E-state index contributed by atoms with van der Waals surface area (Å²) < 4.78 is 69.4. The van der Waals surface area contributed by atoms with E-state index >= 15 is 4.39 Å². The first-order valence-electron chi connectivity index (χ1n) is 12.0. The summed E-state index contributed by atoms with van der Waals surface area (Å²) in [7, 11) is 0. The molecular formula is C29H27F5O. The van der Waals surface area contributed by atoms with Crippen molar-refractivity contribution in [3.63, 3.8) is 0 Å². The van der Waals surface area contributed by atoms with Gasteiger partial charge >= 0.3 is 6.36 Å². The molecular weight excluding hydrogens is 459 g/mol. The van der Waals surface area contributed by atoms with Gasteiger partial charge in [0.1, 0.15) is 5.82 Å². The molecule has 3 aromatic rings. The van der Waals surface area contributed by atoms with Gasteiger partial charge in [-0.2, -0.15) is 0 Å². The van der Waals surface area contributed by atoms with Gasteiger partial charge in [0.25, 0.3) is 0 Å². The van der Waals surface area contributed by atoms with E-state index in [4.69, 9.17) is 0 Å². The van der Waals surface area contributed by atoms with Gasteiger partial charge in [0.05, 0.1) is 5.56 Å². The summed E-state index contributed by atoms with van der Waals surface area (Å²) in [6.45, 7) is 2.27. The Bertz CT molecular complexity index is 1240. The van der Waals surface area contributed by atoms with Crippen LogP contribution in [0.4, 0.5) is 22.0 Å². The molecule has 6 heteroatoms. The van der Waals surface area contributed by atoms with Crippen LogP contribution in [0, 0.1) is 35.3 Å². The molecule has 184 valence electrons. The third kappa shape index (κ3) is 6.54. The predicted octanol–water partition coefficient (Wildman–Crippen LogP) is 8.57. The van der Waals surface area contributed by atoms with Crippen molar-refractivity contribution in [2.75, 3.05) is 0 Å². The molecule has 1 fully saturated rings. The molecule has 0 aromatic heterocycles. The van der Waals surface area contributed by atoms with Crippen molar-refractivity contribution in [2.24, 2.45) is 11.8 Å². The Hall–Kier alpha value is -3.07. The molecule has 0 spiro atoms. The van der Waals surface area contributed by atoms with Crippen molar-refractivity contribution in [1.29, 1.82) is 0 Å². The van der Waals surface area contributed by atoms with Gasteiger partial charge in [-0.05, 0) is 59.9 Å². The van der Waals surface area contributed by atoms with Crippen LogP contribution in [0.3, 0.4) is 0 Å². The van der Waals surface area contributed by atoms with Gasteiger partial charge in [-0.25, -0.2) is 8.78 Å². The van der Waals surface area contributed by atoms with E-state index in [1.807, 2.05) is 12.1 Å². The zero-order chi connectivity index (χ0) is 25.0. The molecule has 35 heavy (non-hydrogen) atoms. The lowest BCUT2D eigenvalue weighted by molar-refractivity contribution is -0.275. The minimum atomic E-state index is -4.99. The molecule has 1 saturated carbocycles. The van der Waals surface area contributed by atoms with Crippen LogP contribution in [0.25, 0.3) is 10.8 Å². The van der Waals surface area contributed by atoms with Crippen molar-refractivity contribution in [1.82, 2.24) is 0 Å². The lowest BCUT2D eigenvalue weighted by atomic mass is 9.78. The molecule has 0 bridgehead atoms. The number of alkyl halides is 3. The first-order chi connectivity index (χ1) is 16.7. The third-order valence-electron chi connectivity index (χ3n) is 6.90. The van der Waals surface area contributed by atoms with E-state index < -0.39 is 23.7 Å². The number of ether oxygens (including phenoxy) is 1. The van der Waals surface area contributed by atoms with Crippen molar-refractivity contribution in [3.05, 3.63) is 76.9 Å². The molecule has 0 atom stereocenters. The van der Waals surface area contributed by atoms with Crippen LogP contribution in [0.15, 0.2) is 48.5 Å². The second kappa shape index (κ2) is 10.7. The average Bonchev–Trinajstić information content (AvgIpc) is 2.83. The van der Waals surface area contributed by atoms with Crippen LogP contribution in [-0.2, 0) is 6.42 Å². The molecule has 1 aliphatic rings. The highest BCUT2D eigenvalue weighted by atomic mass is 19.4. The van der Waals surface area contributed by atoms with Crippen molar-refractivity contribution >= 4 is 10.8 Å². The second-order valence-corrected chi connectivity index (χ2v) is 9.26. The summed E-state index contributed by atoms with van der Waals surface area (Å²) >= 11 is 0.